The van der Waals surface area contributed by atoms with E-state index in [-0.39, 0.29) is 17.1 Å². The van der Waals surface area contributed by atoms with E-state index < -0.39 is 0 Å². The summed E-state index contributed by atoms with van der Waals surface area (Å²) in [5.41, 5.74) is 3.43. The molecule has 7 nitrogen and oxygen atoms in total. The third kappa shape index (κ3) is 4.27. The van der Waals surface area contributed by atoms with Crippen LogP contribution in [0.5, 0.6) is 0 Å². The van der Waals surface area contributed by atoms with E-state index in [1.165, 1.54) is 6.20 Å². The number of ether oxygens (including phenoxy) is 1. The van der Waals surface area contributed by atoms with Crippen molar-refractivity contribution in [2.45, 2.75) is 26.7 Å². The Balaban J connectivity index is 1.74. The predicted molar refractivity (Wildman–Crippen MR) is 117 cm³/mol. The summed E-state index contributed by atoms with van der Waals surface area (Å²) in [7, 11) is 1.59. The first-order valence-electron chi connectivity index (χ1n) is 10.3. The first kappa shape index (κ1) is 20.9. The highest BCUT2D eigenvalue weighted by Crippen LogP contribution is 2.39. The van der Waals surface area contributed by atoms with Crippen molar-refractivity contribution in [2.24, 2.45) is 5.41 Å². The second-order valence-electron chi connectivity index (χ2n) is 8.54. The predicted octanol–water partition coefficient (Wildman–Crippen LogP) is 3.47. The van der Waals surface area contributed by atoms with Crippen molar-refractivity contribution >= 4 is 11.7 Å². The summed E-state index contributed by atoms with van der Waals surface area (Å²) < 4.78 is 6.71. The van der Waals surface area contributed by atoms with Crippen LogP contribution < -0.4 is 5.32 Å². The molecule has 0 radical (unpaired) electrons. The third-order valence-electron chi connectivity index (χ3n) is 5.41. The molecular formula is C24H26N4O3. The maximum atomic E-state index is 13.1. The first-order valence-corrected chi connectivity index (χ1v) is 10.3. The minimum absolute atomic E-state index is 0.102. The van der Waals surface area contributed by atoms with Gasteiger partial charge < -0.3 is 10.1 Å². The molecular weight excluding hydrogens is 392 g/mol. The van der Waals surface area contributed by atoms with E-state index in [9.17, 15) is 9.59 Å². The number of hydrogen-bond acceptors (Lipinski definition) is 5. The molecule has 0 bridgehead atoms. The van der Waals surface area contributed by atoms with Gasteiger partial charge in [-0.2, -0.15) is 5.10 Å². The zero-order chi connectivity index (χ0) is 22.0. The zero-order valence-electron chi connectivity index (χ0n) is 18.0. The molecule has 4 rings (SSSR count). The van der Waals surface area contributed by atoms with E-state index in [0.29, 0.717) is 42.2 Å². The lowest BCUT2D eigenvalue weighted by Crippen LogP contribution is -2.28. The molecule has 2 heterocycles. The smallest absolute Gasteiger partial charge is 0.252 e. The number of nitrogens with zero attached hydrogens (tertiary/aromatic N) is 3. The third-order valence-corrected chi connectivity index (χ3v) is 5.41. The Bertz CT molecular complexity index is 1100. The number of pyridine rings is 1. The van der Waals surface area contributed by atoms with E-state index >= 15 is 0 Å². The Morgan fingerprint density at radius 2 is 1.94 bits per heavy atom. The summed E-state index contributed by atoms with van der Waals surface area (Å²) in [5.74, 6) is 0.475. The van der Waals surface area contributed by atoms with Crippen LogP contribution in [-0.2, 0) is 11.2 Å². The van der Waals surface area contributed by atoms with Gasteiger partial charge in [-0.05, 0) is 24.0 Å². The summed E-state index contributed by atoms with van der Waals surface area (Å²) in [6.45, 7) is 5.06. The van der Waals surface area contributed by atoms with Crippen molar-refractivity contribution in [3.05, 3.63) is 65.5 Å². The van der Waals surface area contributed by atoms with E-state index in [0.717, 1.165) is 17.7 Å². The molecule has 0 saturated heterocycles. The average Bonchev–Trinajstić information content (AvgIpc) is 3.13. The van der Waals surface area contributed by atoms with Crippen LogP contribution in [0.3, 0.4) is 0 Å². The number of aromatic nitrogens is 3. The number of ketones is 1. The Labute approximate surface area is 181 Å². The van der Waals surface area contributed by atoms with Crippen LogP contribution in [0.1, 0.15) is 46.7 Å². The number of hydrogen-bond donors (Lipinski definition) is 1. The quantitative estimate of drug-likeness (QED) is 0.620. The average molecular weight is 418 g/mol. The largest absolute Gasteiger partial charge is 0.383 e. The summed E-state index contributed by atoms with van der Waals surface area (Å²) >= 11 is 0. The van der Waals surface area contributed by atoms with Crippen LogP contribution in [0.25, 0.3) is 17.1 Å². The van der Waals surface area contributed by atoms with Crippen molar-refractivity contribution in [3.8, 4) is 17.1 Å². The summed E-state index contributed by atoms with van der Waals surface area (Å²) in [5, 5.41) is 7.58. The fraction of sp³-hybridized carbons (Fsp3) is 0.333. The molecule has 31 heavy (non-hydrogen) atoms. The number of fused-ring (bicyclic) bond motifs is 1. The summed E-state index contributed by atoms with van der Waals surface area (Å²) in [4.78, 5) is 29.8. The fourth-order valence-corrected chi connectivity index (χ4v) is 3.95. The molecule has 1 aliphatic carbocycles. The van der Waals surface area contributed by atoms with Crippen LogP contribution >= 0.6 is 0 Å². The molecule has 0 fully saturated rings. The van der Waals surface area contributed by atoms with Gasteiger partial charge in [0.05, 0.1) is 23.4 Å². The van der Waals surface area contributed by atoms with Crippen molar-refractivity contribution < 1.29 is 14.3 Å². The Morgan fingerprint density at radius 3 is 2.61 bits per heavy atom. The molecule has 3 aromatic rings. The summed E-state index contributed by atoms with van der Waals surface area (Å²) in [6, 6.07) is 13.2. The van der Waals surface area contributed by atoms with Gasteiger partial charge in [0.15, 0.2) is 11.6 Å². The molecule has 1 aromatic carbocycles. The van der Waals surface area contributed by atoms with Crippen LogP contribution in [-0.4, -0.2) is 46.7 Å². The van der Waals surface area contributed by atoms with E-state index in [4.69, 9.17) is 9.84 Å². The van der Waals surface area contributed by atoms with Crippen LogP contribution in [0.15, 0.2) is 48.7 Å². The minimum atomic E-state index is -0.208. The topological polar surface area (TPSA) is 86.1 Å². The van der Waals surface area contributed by atoms with Crippen molar-refractivity contribution in [1.29, 1.82) is 0 Å². The highest BCUT2D eigenvalue weighted by atomic mass is 16.5. The molecule has 0 unspecified atom stereocenters. The van der Waals surface area contributed by atoms with E-state index in [1.807, 2.05) is 30.3 Å². The number of nitrogens with one attached hydrogen (secondary N) is 1. The van der Waals surface area contributed by atoms with Gasteiger partial charge in [-0.1, -0.05) is 44.2 Å². The normalized spacial score (nSPS) is 14.9. The van der Waals surface area contributed by atoms with Crippen LogP contribution in [0, 0.1) is 5.41 Å². The van der Waals surface area contributed by atoms with Gasteiger partial charge in [0, 0.05) is 31.8 Å². The standard InChI is InChI=1S/C24H26N4O3/c1-24(2)13-18-21(19(29)14-24)22(16-7-5-4-6-8-16)27-28(18)20-10-9-17(15-26-20)23(30)25-11-12-31-3/h4-10,15H,11-14H2,1-3H3,(H,25,30). The van der Waals surface area contributed by atoms with Gasteiger partial charge in [-0.3, -0.25) is 9.59 Å². The number of Topliss-reactive ketones (excluding diaryl/α,β-unsaturated/α-hetero) is 1. The van der Waals surface area contributed by atoms with Crippen molar-refractivity contribution in [2.75, 3.05) is 20.3 Å². The number of rotatable bonds is 6. The molecule has 0 saturated carbocycles. The highest BCUT2D eigenvalue weighted by molar-refractivity contribution is 6.04. The van der Waals surface area contributed by atoms with E-state index in [2.05, 4.69) is 24.1 Å². The minimum Gasteiger partial charge on any atom is -0.383 e. The zero-order valence-corrected chi connectivity index (χ0v) is 18.0. The number of benzene rings is 1. The van der Waals surface area contributed by atoms with Crippen molar-refractivity contribution in [1.82, 2.24) is 20.1 Å². The molecule has 160 valence electrons. The molecule has 1 N–H and O–H groups in total. The van der Waals surface area contributed by atoms with Gasteiger partial charge in [0.2, 0.25) is 0 Å². The van der Waals surface area contributed by atoms with Crippen LogP contribution in [0.2, 0.25) is 0 Å². The molecule has 1 aliphatic rings. The Morgan fingerprint density at radius 1 is 1.16 bits per heavy atom. The SMILES string of the molecule is COCCNC(=O)c1ccc(-n2nc(-c3ccccc3)c3c2CC(C)(C)CC3=O)nc1. The molecule has 7 heteroatoms. The second-order valence-corrected chi connectivity index (χ2v) is 8.54. The van der Waals surface area contributed by atoms with Gasteiger partial charge >= 0.3 is 0 Å². The number of carbonyl (C=O) groups is 2. The first-order chi connectivity index (χ1) is 14.9. The second kappa shape index (κ2) is 8.43. The van der Waals surface area contributed by atoms with Crippen molar-refractivity contribution in [3.63, 3.8) is 0 Å². The maximum Gasteiger partial charge on any atom is 0.252 e. The van der Waals surface area contributed by atoms with Gasteiger partial charge in [-0.15, -0.1) is 0 Å². The lowest BCUT2D eigenvalue weighted by Gasteiger charge is -2.29. The number of amides is 1. The van der Waals surface area contributed by atoms with Crippen LogP contribution in [0.4, 0.5) is 0 Å². The summed E-state index contributed by atoms with van der Waals surface area (Å²) in [6.07, 6.45) is 2.73. The lowest BCUT2D eigenvalue weighted by molar-refractivity contribution is 0.0909. The Hall–Kier alpha value is -3.32. The molecule has 1 amide bonds. The fourth-order valence-electron chi connectivity index (χ4n) is 3.95. The van der Waals surface area contributed by atoms with E-state index in [1.54, 1.807) is 23.9 Å². The Kier molecular flexibility index (Phi) is 5.69. The van der Waals surface area contributed by atoms with Gasteiger partial charge in [0.1, 0.15) is 5.69 Å². The molecule has 0 aliphatic heterocycles. The van der Waals surface area contributed by atoms with Gasteiger partial charge in [-0.25, -0.2) is 9.67 Å². The highest BCUT2D eigenvalue weighted by Gasteiger charge is 2.37. The van der Waals surface area contributed by atoms with Gasteiger partial charge in [0.25, 0.3) is 5.91 Å². The maximum absolute atomic E-state index is 13.1. The molecule has 0 atom stereocenters. The monoisotopic (exact) mass is 418 g/mol. The lowest BCUT2D eigenvalue weighted by atomic mass is 9.75. The molecule has 2 aromatic heterocycles. The number of carbonyl (C=O) groups excluding carboxylic acids is 2. The molecule has 0 spiro atoms. The number of methoxy groups -OCH3 is 1.